The summed E-state index contributed by atoms with van der Waals surface area (Å²) in [5.74, 6) is -0.0861. The number of hydrogen-bond donors (Lipinski definition) is 1. The van der Waals surface area contributed by atoms with Crippen LogP contribution in [0.3, 0.4) is 0 Å². The lowest BCUT2D eigenvalue weighted by atomic mass is 10.1. The first-order valence-corrected chi connectivity index (χ1v) is 7.08. The van der Waals surface area contributed by atoms with Crippen LogP contribution in [0.15, 0.2) is 10.8 Å². The van der Waals surface area contributed by atoms with Crippen LogP contribution >= 0.6 is 0 Å². The molecule has 110 valence electrons. The lowest BCUT2D eigenvalue weighted by molar-refractivity contribution is -0.135. The van der Waals surface area contributed by atoms with E-state index in [2.05, 4.69) is 10.5 Å². The van der Waals surface area contributed by atoms with Crippen molar-refractivity contribution in [2.24, 2.45) is 0 Å². The Kier molecular flexibility index (Phi) is 4.76. The number of rotatable bonds is 4. The number of amides is 2. The molecule has 1 fully saturated rings. The van der Waals surface area contributed by atoms with Crippen molar-refractivity contribution in [1.29, 1.82) is 0 Å². The van der Waals surface area contributed by atoms with Crippen molar-refractivity contribution < 1.29 is 14.1 Å². The fourth-order valence-corrected chi connectivity index (χ4v) is 2.46. The molecule has 2 heterocycles. The van der Waals surface area contributed by atoms with Crippen LogP contribution in [-0.2, 0) is 22.6 Å². The van der Waals surface area contributed by atoms with E-state index in [1.54, 1.807) is 18.2 Å². The Labute approximate surface area is 118 Å². The summed E-state index contributed by atoms with van der Waals surface area (Å²) >= 11 is 0. The summed E-state index contributed by atoms with van der Waals surface area (Å²) in [4.78, 5) is 25.5. The number of likely N-dealkylation sites (N-methyl/N-ethyl adjacent to an activating group) is 1. The molecular formula is C14H21N3O3. The van der Waals surface area contributed by atoms with Crippen LogP contribution in [0.2, 0.25) is 0 Å². The summed E-state index contributed by atoms with van der Waals surface area (Å²) < 4.78 is 4.94. The van der Waals surface area contributed by atoms with E-state index in [4.69, 9.17) is 4.52 Å². The molecule has 1 aliphatic heterocycles. The minimum Gasteiger partial charge on any atom is -0.364 e. The minimum absolute atomic E-state index is 0.0338. The largest absolute Gasteiger partial charge is 0.364 e. The van der Waals surface area contributed by atoms with Crippen molar-refractivity contribution >= 4 is 11.8 Å². The van der Waals surface area contributed by atoms with Gasteiger partial charge < -0.3 is 14.7 Å². The first-order valence-electron chi connectivity index (χ1n) is 7.08. The molecule has 1 atom stereocenters. The van der Waals surface area contributed by atoms with Crippen LogP contribution in [0, 0.1) is 0 Å². The number of nitrogens with zero attached hydrogens (tertiary/aromatic N) is 2. The normalized spacial score (nSPS) is 19.3. The van der Waals surface area contributed by atoms with Gasteiger partial charge in [0.2, 0.25) is 11.8 Å². The molecule has 1 N–H and O–H groups in total. The summed E-state index contributed by atoms with van der Waals surface area (Å²) in [5.41, 5.74) is 1.79. The van der Waals surface area contributed by atoms with Gasteiger partial charge in [0.25, 0.3) is 0 Å². The topological polar surface area (TPSA) is 75.4 Å². The monoisotopic (exact) mass is 279 g/mol. The summed E-state index contributed by atoms with van der Waals surface area (Å²) in [5, 5.41) is 6.70. The molecule has 0 bridgehead atoms. The fraction of sp³-hybridized carbons (Fsp3) is 0.643. The Morgan fingerprint density at radius 2 is 2.35 bits per heavy atom. The van der Waals surface area contributed by atoms with Crippen molar-refractivity contribution in [2.75, 3.05) is 7.05 Å². The average Bonchev–Trinajstić information content (AvgIpc) is 2.77. The minimum atomic E-state index is -0.403. The highest BCUT2D eigenvalue weighted by atomic mass is 16.5. The third kappa shape index (κ3) is 3.37. The average molecular weight is 279 g/mol. The van der Waals surface area contributed by atoms with Gasteiger partial charge in [0.1, 0.15) is 12.3 Å². The van der Waals surface area contributed by atoms with Crippen LogP contribution in [0.4, 0.5) is 0 Å². The molecule has 0 saturated carbocycles. The Bertz CT molecular complexity index is 484. The van der Waals surface area contributed by atoms with Gasteiger partial charge in [-0.1, -0.05) is 18.5 Å². The van der Waals surface area contributed by atoms with E-state index in [9.17, 15) is 9.59 Å². The number of aryl methyl sites for hydroxylation is 1. The Morgan fingerprint density at radius 3 is 3.10 bits per heavy atom. The predicted octanol–water partition coefficient (Wildman–Crippen LogP) is 1.25. The highest BCUT2D eigenvalue weighted by molar-refractivity contribution is 5.87. The quantitative estimate of drug-likeness (QED) is 0.900. The van der Waals surface area contributed by atoms with Crippen molar-refractivity contribution in [3.63, 3.8) is 0 Å². The molecule has 0 unspecified atom stereocenters. The van der Waals surface area contributed by atoms with E-state index < -0.39 is 6.04 Å². The standard InChI is InChI=1S/C14H21N3O3/c1-3-11-10(9-20-16-11)8-17(2)14(19)12-6-4-5-7-13(18)15-12/h9,12H,3-8H2,1-2H3,(H,15,18)/t12-/m1/s1. The third-order valence-electron chi connectivity index (χ3n) is 3.63. The molecule has 1 saturated heterocycles. The predicted molar refractivity (Wildman–Crippen MR) is 72.8 cm³/mol. The highest BCUT2D eigenvalue weighted by Crippen LogP contribution is 2.14. The summed E-state index contributed by atoms with van der Waals surface area (Å²) in [6.45, 7) is 2.45. The Morgan fingerprint density at radius 1 is 1.55 bits per heavy atom. The van der Waals surface area contributed by atoms with E-state index >= 15 is 0 Å². The second kappa shape index (κ2) is 6.54. The van der Waals surface area contributed by atoms with Crippen molar-refractivity contribution in [3.05, 3.63) is 17.5 Å². The molecular weight excluding hydrogens is 258 g/mol. The summed E-state index contributed by atoms with van der Waals surface area (Å²) in [7, 11) is 1.74. The molecule has 20 heavy (non-hydrogen) atoms. The molecule has 6 nitrogen and oxygen atoms in total. The van der Waals surface area contributed by atoms with Gasteiger partial charge in [-0.05, 0) is 19.3 Å². The smallest absolute Gasteiger partial charge is 0.245 e. The zero-order chi connectivity index (χ0) is 14.5. The van der Waals surface area contributed by atoms with Crippen LogP contribution in [0.25, 0.3) is 0 Å². The summed E-state index contributed by atoms with van der Waals surface area (Å²) in [6.07, 6.45) is 5.32. The maximum Gasteiger partial charge on any atom is 0.245 e. The molecule has 1 aliphatic rings. The SMILES string of the molecule is CCc1nocc1CN(C)C(=O)[C@H]1CCCCC(=O)N1. The van der Waals surface area contributed by atoms with Crippen LogP contribution < -0.4 is 5.32 Å². The number of nitrogens with one attached hydrogen (secondary N) is 1. The Hall–Kier alpha value is -1.85. The molecule has 6 heteroatoms. The first kappa shape index (κ1) is 14.6. The lowest BCUT2D eigenvalue weighted by Crippen LogP contribution is -2.46. The van der Waals surface area contributed by atoms with Crippen molar-refractivity contribution in [1.82, 2.24) is 15.4 Å². The van der Waals surface area contributed by atoms with E-state index in [1.807, 2.05) is 6.92 Å². The van der Waals surface area contributed by atoms with Gasteiger partial charge in [-0.2, -0.15) is 0 Å². The molecule has 0 spiro atoms. The van der Waals surface area contributed by atoms with Gasteiger partial charge in [0.05, 0.1) is 12.2 Å². The van der Waals surface area contributed by atoms with Crippen molar-refractivity contribution in [2.45, 2.75) is 51.6 Å². The van der Waals surface area contributed by atoms with E-state index in [1.165, 1.54) is 0 Å². The molecule has 0 aliphatic carbocycles. The number of aromatic nitrogens is 1. The molecule has 2 amide bonds. The van der Waals surface area contributed by atoms with Gasteiger partial charge in [0, 0.05) is 19.0 Å². The van der Waals surface area contributed by atoms with Crippen LogP contribution in [-0.4, -0.2) is 35.0 Å². The number of hydrogen-bond acceptors (Lipinski definition) is 4. The van der Waals surface area contributed by atoms with Gasteiger partial charge >= 0.3 is 0 Å². The molecule has 0 aromatic carbocycles. The van der Waals surface area contributed by atoms with Gasteiger partial charge in [-0.3, -0.25) is 9.59 Å². The molecule has 0 radical (unpaired) electrons. The lowest BCUT2D eigenvalue weighted by Gasteiger charge is -2.23. The first-order chi connectivity index (χ1) is 9.61. The zero-order valence-corrected chi connectivity index (χ0v) is 12.0. The zero-order valence-electron chi connectivity index (χ0n) is 12.0. The van der Waals surface area contributed by atoms with E-state index in [0.29, 0.717) is 19.4 Å². The maximum absolute atomic E-state index is 12.4. The maximum atomic E-state index is 12.4. The second-order valence-electron chi connectivity index (χ2n) is 5.20. The van der Waals surface area contributed by atoms with Crippen LogP contribution in [0.5, 0.6) is 0 Å². The summed E-state index contributed by atoms with van der Waals surface area (Å²) in [6, 6.07) is -0.403. The fourth-order valence-electron chi connectivity index (χ4n) is 2.46. The number of carbonyl (C=O) groups is 2. The van der Waals surface area contributed by atoms with Gasteiger partial charge in [0.15, 0.2) is 0 Å². The molecule has 1 aromatic heterocycles. The molecule has 1 aromatic rings. The van der Waals surface area contributed by atoms with Gasteiger partial charge in [-0.15, -0.1) is 0 Å². The molecule has 2 rings (SSSR count). The van der Waals surface area contributed by atoms with Gasteiger partial charge in [-0.25, -0.2) is 0 Å². The highest BCUT2D eigenvalue weighted by Gasteiger charge is 2.26. The Balaban J connectivity index is 1.99. The second-order valence-corrected chi connectivity index (χ2v) is 5.20. The van der Waals surface area contributed by atoms with Crippen molar-refractivity contribution in [3.8, 4) is 0 Å². The number of carbonyl (C=O) groups excluding carboxylic acids is 2. The van der Waals surface area contributed by atoms with E-state index in [0.717, 1.165) is 30.5 Å². The van der Waals surface area contributed by atoms with E-state index in [-0.39, 0.29) is 11.8 Å². The third-order valence-corrected chi connectivity index (χ3v) is 3.63. The van der Waals surface area contributed by atoms with Crippen LogP contribution in [0.1, 0.15) is 43.9 Å².